The van der Waals surface area contributed by atoms with Crippen molar-refractivity contribution in [2.45, 2.75) is 20.0 Å². The van der Waals surface area contributed by atoms with Gasteiger partial charge in [-0.05, 0) is 43.8 Å². The van der Waals surface area contributed by atoms with Crippen molar-refractivity contribution in [3.8, 4) is 0 Å². The van der Waals surface area contributed by atoms with E-state index in [1.54, 1.807) is 0 Å². The maximum atomic E-state index is 3.55. The molecule has 0 aromatic heterocycles. The third-order valence-electron chi connectivity index (χ3n) is 3.23. The van der Waals surface area contributed by atoms with Gasteiger partial charge in [0.2, 0.25) is 0 Å². The molecule has 0 bridgehead atoms. The quantitative estimate of drug-likeness (QED) is 0.876. The number of rotatable bonds is 5. The zero-order valence-electron chi connectivity index (χ0n) is 12.0. The lowest BCUT2D eigenvalue weighted by Crippen LogP contribution is -2.13. The molecule has 0 aliphatic rings. The fourth-order valence-corrected chi connectivity index (χ4v) is 2.17. The van der Waals surface area contributed by atoms with Crippen LogP contribution in [0.1, 0.15) is 16.7 Å². The van der Waals surface area contributed by atoms with Crippen molar-refractivity contribution in [1.82, 2.24) is 4.90 Å². The lowest BCUT2D eigenvalue weighted by atomic mass is 10.1. The SMILES string of the molecule is Cc1ccccc1CNc1ccccc1CN(C)C. The van der Waals surface area contributed by atoms with Crippen LogP contribution in [0.4, 0.5) is 5.69 Å². The van der Waals surface area contributed by atoms with Gasteiger partial charge in [-0.1, -0.05) is 42.5 Å². The van der Waals surface area contributed by atoms with E-state index in [9.17, 15) is 0 Å². The van der Waals surface area contributed by atoms with E-state index in [4.69, 9.17) is 0 Å². The van der Waals surface area contributed by atoms with Crippen molar-refractivity contribution in [1.29, 1.82) is 0 Å². The lowest BCUT2D eigenvalue weighted by Gasteiger charge is -2.16. The standard InChI is InChI=1S/C17H22N2/c1-14-8-4-5-9-15(14)12-18-17-11-7-6-10-16(17)13-19(2)3/h4-11,18H,12-13H2,1-3H3. The molecule has 0 fully saturated rings. The minimum Gasteiger partial charge on any atom is -0.381 e. The number of nitrogens with zero attached hydrogens (tertiary/aromatic N) is 1. The monoisotopic (exact) mass is 254 g/mol. The second-order valence-corrected chi connectivity index (χ2v) is 5.17. The third-order valence-corrected chi connectivity index (χ3v) is 3.23. The van der Waals surface area contributed by atoms with E-state index in [0.29, 0.717) is 0 Å². The normalized spacial score (nSPS) is 10.7. The minimum absolute atomic E-state index is 0.872. The highest BCUT2D eigenvalue weighted by Gasteiger charge is 2.03. The number of benzene rings is 2. The molecule has 0 spiro atoms. The van der Waals surface area contributed by atoms with Crippen molar-refractivity contribution in [3.63, 3.8) is 0 Å². The van der Waals surface area contributed by atoms with E-state index in [0.717, 1.165) is 13.1 Å². The first-order valence-corrected chi connectivity index (χ1v) is 6.68. The topological polar surface area (TPSA) is 15.3 Å². The molecule has 100 valence electrons. The fraction of sp³-hybridized carbons (Fsp3) is 0.294. The van der Waals surface area contributed by atoms with Gasteiger partial charge in [-0.25, -0.2) is 0 Å². The van der Waals surface area contributed by atoms with Crippen LogP contribution in [-0.4, -0.2) is 19.0 Å². The Morgan fingerprint density at radius 2 is 1.53 bits per heavy atom. The van der Waals surface area contributed by atoms with Crippen LogP contribution in [0, 0.1) is 6.92 Å². The molecule has 0 saturated heterocycles. The molecule has 19 heavy (non-hydrogen) atoms. The molecule has 0 amide bonds. The Labute approximate surface area is 116 Å². The molecule has 0 saturated carbocycles. The molecule has 0 aliphatic heterocycles. The lowest BCUT2D eigenvalue weighted by molar-refractivity contribution is 0.403. The summed E-state index contributed by atoms with van der Waals surface area (Å²) in [7, 11) is 4.19. The van der Waals surface area contributed by atoms with E-state index in [2.05, 4.69) is 79.8 Å². The molecule has 0 atom stereocenters. The van der Waals surface area contributed by atoms with Gasteiger partial charge < -0.3 is 10.2 Å². The summed E-state index contributed by atoms with van der Waals surface area (Å²) in [5.74, 6) is 0. The predicted molar refractivity (Wildman–Crippen MR) is 82.3 cm³/mol. The first-order valence-electron chi connectivity index (χ1n) is 6.68. The first-order chi connectivity index (χ1) is 9.16. The molecular formula is C17H22N2. The minimum atomic E-state index is 0.872. The summed E-state index contributed by atoms with van der Waals surface area (Å²) in [5.41, 5.74) is 5.24. The molecule has 1 N–H and O–H groups in total. The number of anilines is 1. The molecule has 2 rings (SSSR count). The second kappa shape index (κ2) is 6.39. The highest BCUT2D eigenvalue weighted by Crippen LogP contribution is 2.18. The summed E-state index contributed by atoms with van der Waals surface area (Å²) in [6, 6.07) is 17.0. The van der Waals surface area contributed by atoms with Gasteiger partial charge in [0.15, 0.2) is 0 Å². The van der Waals surface area contributed by atoms with Gasteiger partial charge in [0.25, 0.3) is 0 Å². The van der Waals surface area contributed by atoms with Crippen molar-refractivity contribution in [3.05, 3.63) is 65.2 Å². The van der Waals surface area contributed by atoms with E-state index in [-0.39, 0.29) is 0 Å². The van der Waals surface area contributed by atoms with Crippen LogP contribution in [0.5, 0.6) is 0 Å². The average molecular weight is 254 g/mol. The van der Waals surface area contributed by atoms with E-state index in [1.807, 2.05) is 0 Å². The van der Waals surface area contributed by atoms with Crippen molar-refractivity contribution in [2.24, 2.45) is 0 Å². The van der Waals surface area contributed by atoms with Crippen LogP contribution in [0.25, 0.3) is 0 Å². The van der Waals surface area contributed by atoms with Crippen LogP contribution in [0.2, 0.25) is 0 Å². The Morgan fingerprint density at radius 3 is 2.21 bits per heavy atom. The van der Waals surface area contributed by atoms with Gasteiger partial charge in [0, 0.05) is 18.8 Å². The van der Waals surface area contributed by atoms with Gasteiger partial charge in [0.05, 0.1) is 0 Å². The zero-order valence-corrected chi connectivity index (χ0v) is 12.0. The maximum Gasteiger partial charge on any atom is 0.0403 e. The largest absolute Gasteiger partial charge is 0.381 e. The molecule has 0 unspecified atom stereocenters. The van der Waals surface area contributed by atoms with Gasteiger partial charge in [-0.3, -0.25) is 0 Å². The molecule has 2 aromatic carbocycles. The van der Waals surface area contributed by atoms with E-state index in [1.165, 1.54) is 22.4 Å². The smallest absolute Gasteiger partial charge is 0.0403 e. The molecule has 0 radical (unpaired) electrons. The van der Waals surface area contributed by atoms with Crippen molar-refractivity contribution in [2.75, 3.05) is 19.4 Å². The zero-order chi connectivity index (χ0) is 13.7. The first kappa shape index (κ1) is 13.6. The number of para-hydroxylation sites is 1. The van der Waals surface area contributed by atoms with E-state index >= 15 is 0 Å². The van der Waals surface area contributed by atoms with Crippen LogP contribution in [0.15, 0.2) is 48.5 Å². The van der Waals surface area contributed by atoms with Crippen molar-refractivity contribution < 1.29 is 0 Å². The maximum absolute atomic E-state index is 3.55. The Hall–Kier alpha value is -1.80. The fourth-order valence-electron chi connectivity index (χ4n) is 2.17. The summed E-state index contributed by atoms with van der Waals surface area (Å²) in [4.78, 5) is 2.19. The van der Waals surface area contributed by atoms with Crippen LogP contribution in [-0.2, 0) is 13.1 Å². The summed E-state index contributed by atoms with van der Waals surface area (Å²) in [6.07, 6.45) is 0. The summed E-state index contributed by atoms with van der Waals surface area (Å²) >= 11 is 0. The van der Waals surface area contributed by atoms with Gasteiger partial charge in [0.1, 0.15) is 0 Å². The third kappa shape index (κ3) is 3.83. The molecule has 2 heteroatoms. The molecule has 2 nitrogen and oxygen atoms in total. The molecule has 0 aliphatic carbocycles. The summed E-state index contributed by atoms with van der Waals surface area (Å²) in [6.45, 7) is 3.98. The Kier molecular flexibility index (Phi) is 4.58. The van der Waals surface area contributed by atoms with Gasteiger partial charge in [-0.15, -0.1) is 0 Å². The summed E-state index contributed by atoms with van der Waals surface area (Å²) < 4.78 is 0. The number of hydrogen-bond acceptors (Lipinski definition) is 2. The number of aryl methyl sites for hydroxylation is 1. The molecule has 0 heterocycles. The van der Waals surface area contributed by atoms with Crippen LogP contribution in [0.3, 0.4) is 0 Å². The summed E-state index contributed by atoms with van der Waals surface area (Å²) in [5, 5.41) is 3.55. The Bertz CT molecular complexity index is 532. The second-order valence-electron chi connectivity index (χ2n) is 5.17. The number of hydrogen-bond donors (Lipinski definition) is 1. The average Bonchev–Trinajstić information content (AvgIpc) is 2.39. The number of nitrogens with one attached hydrogen (secondary N) is 1. The van der Waals surface area contributed by atoms with Crippen molar-refractivity contribution >= 4 is 5.69 Å². The Morgan fingerprint density at radius 1 is 0.895 bits per heavy atom. The van der Waals surface area contributed by atoms with Gasteiger partial charge >= 0.3 is 0 Å². The highest BCUT2D eigenvalue weighted by molar-refractivity contribution is 5.51. The van der Waals surface area contributed by atoms with Crippen LogP contribution < -0.4 is 5.32 Å². The van der Waals surface area contributed by atoms with E-state index < -0.39 is 0 Å². The van der Waals surface area contributed by atoms with Gasteiger partial charge in [-0.2, -0.15) is 0 Å². The highest BCUT2D eigenvalue weighted by atomic mass is 15.1. The molecule has 2 aromatic rings. The Balaban J connectivity index is 2.09. The van der Waals surface area contributed by atoms with Crippen LogP contribution >= 0.6 is 0 Å². The molecular weight excluding hydrogens is 232 g/mol. The predicted octanol–water partition coefficient (Wildman–Crippen LogP) is 3.67.